The molecule has 20 heavy (non-hydrogen) atoms. The summed E-state index contributed by atoms with van der Waals surface area (Å²) in [5.74, 6) is 0. The van der Waals surface area contributed by atoms with E-state index in [1.807, 2.05) is 64.1 Å². The quantitative estimate of drug-likeness (QED) is 0.779. The molecule has 1 saturated heterocycles. The number of ether oxygens (including phenoxy) is 1. The van der Waals surface area contributed by atoms with Crippen LogP contribution in [0.5, 0.6) is 0 Å². The maximum Gasteiger partial charge on any atom is 0.101 e. The van der Waals surface area contributed by atoms with Gasteiger partial charge in [-0.05, 0) is 39.3 Å². The average molecular weight is 274 g/mol. The van der Waals surface area contributed by atoms with Crippen LogP contribution in [0.25, 0.3) is 6.08 Å². The SMILES string of the molecule is CC1(C)CC(O/C=C/c2ccccc2)CC(C)(C)N1[O]. The van der Waals surface area contributed by atoms with Gasteiger partial charge in [-0.2, -0.15) is 0 Å². The Morgan fingerprint density at radius 3 is 2.20 bits per heavy atom. The highest BCUT2D eigenvalue weighted by Gasteiger charge is 2.46. The lowest BCUT2D eigenvalue weighted by Gasteiger charge is -2.49. The Morgan fingerprint density at radius 1 is 1.10 bits per heavy atom. The molecular weight excluding hydrogens is 250 g/mol. The molecule has 2 rings (SSSR count). The number of benzene rings is 1. The summed E-state index contributed by atoms with van der Waals surface area (Å²) in [7, 11) is 0. The minimum absolute atomic E-state index is 0.0881. The average Bonchev–Trinajstić information content (AvgIpc) is 2.36. The fourth-order valence-electron chi connectivity index (χ4n) is 3.06. The van der Waals surface area contributed by atoms with Crippen molar-refractivity contribution in [2.75, 3.05) is 0 Å². The molecule has 1 aliphatic heterocycles. The van der Waals surface area contributed by atoms with E-state index < -0.39 is 0 Å². The summed E-state index contributed by atoms with van der Waals surface area (Å²) in [6.07, 6.45) is 5.30. The zero-order valence-electron chi connectivity index (χ0n) is 12.8. The third-order valence-electron chi connectivity index (χ3n) is 3.89. The molecule has 0 saturated carbocycles. The van der Waals surface area contributed by atoms with Crippen molar-refractivity contribution in [1.29, 1.82) is 0 Å². The summed E-state index contributed by atoms with van der Waals surface area (Å²) in [5.41, 5.74) is 0.354. The van der Waals surface area contributed by atoms with E-state index in [2.05, 4.69) is 0 Å². The van der Waals surface area contributed by atoms with E-state index in [0.29, 0.717) is 0 Å². The Labute approximate surface area is 121 Å². The molecule has 1 fully saturated rings. The number of rotatable bonds is 3. The number of hydrogen-bond acceptors (Lipinski definition) is 2. The summed E-state index contributed by atoms with van der Waals surface area (Å²) in [5, 5.41) is 13.5. The molecule has 1 aromatic carbocycles. The topological polar surface area (TPSA) is 32.4 Å². The lowest BCUT2D eigenvalue weighted by molar-refractivity contribution is -0.298. The maximum absolute atomic E-state index is 12.3. The minimum atomic E-state index is -0.382. The second kappa shape index (κ2) is 5.58. The van der Waals surface area contributed by atoms with Gasteiger partial charge in [0, 0.05) is 23.9 Å². The molecule has 0 amide bonds. The van der Waals surface area contributed by atoms with E-state index in [1.54, 1.807) is 6.26 Å². The molecule has 3 heteroatoms. The molecule has 1 aromatic rings. The Morgan fingerprint density at radius 2 is 1.65 bits per heavy atom. The normalized spacial score (nSPS) is 23.1. The van der Waals surface area contributed by atoms with Gasteiger partial charge in [-0.25, -0.2) is 0 Å². The fraction of sp³-hybridized carbons (Fsp3) is 0.529. The number of nitrogens with zero attached hydrogens (tertiary/aromatic N) is 1. The van der Waals surface area contributed by atoms with Crippen molar-refractivity contribution in [3.63, 3.8) is 0 Å². The van der Waals surface area contributed by atoms with Gasteiger partial charge in [-0.15, -0.1) is 10.3 Å². The molecule has 0 spiro atoms. The van der Waals surface area contributed by atoms with Crippen molar-refractivity contribution < 1.29 is 9.94 Å². The molecule has 1 heterocycles. The third kappa shape index (κ3) is 3.41. The standard InChI is InChI=1S/C17H24NO2/c1-16(2)12-15(13-17(3,4)18(16)19)20-11-10-14-8-6-5-7-9-14/h5-11,15H,12-13H2,1-4H3/b11-10+. The fourth-order valence-corrected chi connectivity index (χ4v) is 3.06. The third-order valence-corrected chi connectivity index (χ3v) is 3.89. The molecule has 3 nitrogen and oxygen atoms in total. The largest absolute Gasteiger partial charge is 0.498 e. The van der Waals surface area contributed by atoms with Gasteiger partial charge in [0.2, 0.25) is 0 Å². The molecule has 109 valence electrons. The molecule has 0 atom stereocenters. The minimum Gasteiger partial charge on any atom is -0.498 e. The van der Waals surface area contributed by atoms with Crippen molar-refractivity contribution in [2.45, 2.75) is 57.7 Å². The van der Waals surface area contributed by atoms with E-state index in [9.17, 15) is 5.21 Å². The second-order valence-electron chi connectivity index (χ2n) is 6.80. The first-order chi connectivity index (χ1) is 9.31. The molecule has 0 aromatic heterocycles. The van der Waals surface area contributed by atoms with Crippen molar-refractivity contribution in [1.82, 2.24) is 5.06 Å². The van der Waals surface area contributed by atoms with Gasteiger partial charge >= 0.3 is 0 Å². The van der Waals surface area contributed by atoms with Crippen LogP contribution in [0.15, 0.2) is 36.6 Å². The lowest BCUT2D eigenvalue weighted by Crippen LogP contribution is -2.59. The van der Waals surface area contributed by atoms with E-state index >= 15 is 0 Å². The smallest absolute Gasteiger partial charge is 0.101 e. The van der Waals surface area contributed by atoms with Crippen molar-refractivity contribution in [3.8, 4) is 0 Å². The van der Waals surface area contributed by atoms with Crippen LogP contribution in [0.4, 0.5) is 0 Å². The van der Waals surface area contributed by atoms with Crippen LogP contribution in [0.3, 0.4) is 0 Å². The van der Waals surface area contributed by atoms with E-state index in [-0.39, 0.29) is 17.2 Å². The number of hydroxylamine groups is 2. The summed E-state index contributed by atoms with van der Waals surface area (Å²) < 4.78 is 5.86. The zero-order chi connectivity index (χ0) is 14.8. The Hall–Kier alpha value is -1.32. The summed E-state index contributed by atoms with van der Waals surface area (Å²) in [6, 6.07) is 10.1. The summed E-state index contributed by atoms with van der Waals surface area (Å²) >= 11 is 0. The van der Waals surface area contributed by atoms with Crippen LogP contribution >= 0.6 is 0 Å². The lowest BCUT2D eigenvalue weighted by atomic mass is 9.80. The van der Waals surface area contributed by atoms with Gasteiger partial charge < -0.3 is 4.74 Å². The first-order valence-electron chi connectivity index (χ1n) is 7.16. The van der Waals surface area contributed by atoms with Crippen LogP contribution in [0.2, 0.25) is 0 Å². The first-order valence-corrected chi connectivity index (χ1v) is 7.16. The maximum atomic E-state index is 12.3. The van der Waals surface area contributed by atoms with Gasteiger partial charge in [0.1, 0.15) is 6.10 Å². The highest BCUT2D eigenvalue weighted by atomic mass is 16.5. The van der Waals surface area contributed by atoms with Crippen LogP contribution < -0.4 is 0 Å². The van der Waals surface area contributed by atoms with Gasteiger partial charge in [-0.3, -0.25) is 0 Å². The van der Waals surface area contributed by atoms with E-state index in [0.717, 1.165) is 18.4 Å². The zero-order valence-corrected chi connectivity index (χ0v) is 12.8. The number of piperidine rings is 1. The molecule has 0 aliphatic carbocycles. The first kappa shape index (κ1) is 15.1. The summed E-state index contributed by atoms with van der Waals surface area (Å²) in [4.78, 5) is 0. The molecule has 1 aliphatic rings. The van der Waals surface area contributed by atoms with Gasteiger partial charge in [0.15, 0.2) is 0 Å². The predicted octanol–water partition coefficient (Wildman–Crippen LogP) is 4.04. The Kier molecular flexibility index (Phi) is 4.21. The second-order valence-corrected chi connectivity index (χ2v) is 6.80. The molecule has 0 N–H and O–H groups in total. The van der Waals surface area contributed by atoms with Gasteiger partial charge in [0.25, 0.3) is 0 Å². The van der Waals surface area contributed by atoms with E-state index in [4.69, 9.17) is 4.74 Å². The number of hydrogen-bond donors (Lipinski definition) is 0. The molecule has 0 unspecified atom stereocenters. The van der Waals surface area contributed by atoms with E-state index in [1.165, 1.54) is 5.06 Å². The Bertz CT molecular complexity index is 447. The molecular formula is C17H24NO2. The Balaban J connectivity index is 1.99. The monoisotopic (exact) mass is 274 g/mol. The highest BCUT2D eigenvalue weighted by molar-refractivity contribution is 5.47. The highest BCUT2D eigenvalue weighted by Crippen LogP contribution is 2.38. The summed E-state index contributed by atoms with van der Waals surface area (Å²) in [6.45, 7) is 7.94. The van der Waals surface area contributed by atoms with Crippen LogP contribution in [0.1, 0.15) is 46.1 Å². The van der Waals surface area contributed by atoms with Crippen LogP contribution in [-0.4, -0.2) is 22.2 Å². The van der Waals surface area contributed by atoms with Crippen molar-refractivity contribution in [3.05, 3.63) is 42.2 Å². The van der Waals surface area contributed by atoms with Crippen LogP contribution in [0, 0.1) is 0 Å². The van der Waals surface area contributed by atoms with Gasteiger partial charge in [-0.1, -0.05) is 30.3 Å². The predicted molar refractivity (Wildman–Crippen MR) is 80.3 cm³/mol. The molecule has 0 bridgehead atoms. The van der Waals surface area contributed by atoms with Crippen molar-refractivity contribution >= 4 is 6.08 Å². The van der Waals surface area contributed by atoms with Crippen LogP contribution in [-0.2, 0) is 9.94 Å². The van der Waals surface area contributed by atoms with Crippen molar-refractivity contribution in [2.24, 2.45) is 0 Å². The van der Waals surface area contributed by atoms with Gasteiger partial charge in [0.05, 0.1) is 6.26 Å². The molecule has 1 radical (unpaired) electrons.